The second kappa shape index (κ2) is 1.30. The fourth-order valence-electron chi connectivity index (χ4n) is 0.373. The first kappa shape index (κ1) is 4.24. The lowest BCUT2D eigenvalue weighted by molar-refractivity contribution is 0.341. The van der Waals surface area contributed by atoms with Crippen LogP contribution < -0.4 is 0 Å². The quantitative estimate of drug-likeness (QED) is 0.485. The van der Waals surface area contributed by atoms with Crippen molar-refractivity contribution in [2.24, 2.45) is 0 Å². The van der Waals surface area contributed by atoms with Crippen LogP contribution >= 0.6 is 0 Å². The Balaban J connectivity index is 3.12. The van der Waals surface area contributed by atoms with E-state index in [0.29, 0.717) is 5.76 Å². The summed E-state index contributed by atoms with van der Waals surface area (Å²) in [6.45, 7) is 1.64. The Morgan fingerprint density at radius 1 is 1.71 bits per heavy atom. The molecule has 0 spiro atoms. The average Bonchev–Trinajstić information content (AvgIpc) is 1.91. The third kappa shape index (κ3) is 0.585. The van der Waals surface area contributed by atoms with E-state index in [2.05, 4.69) is 4.42 Å². The average molecular weight is 97.1 g/mol. The molecule has 0 aliphatic rings. The summed E-state index contributed by atoms with van der Waals surface area (Å²) in [5.74, 6) is 0.431. The molecule has 1 aromatic rings. The molecule has 0 unspecified atom stereocenters. The lowest BCUT2D eigenvalue weighted by Crippen LogP contribution is -1.54. The summed E-state index contributed by atoms with van der Waals surface area (Å²) in [7, 11) is 0. The van der Waals surface area contributed by atoms with Crippen molar-refractivity contribution in [2.45, 2.75) is 6.92 Å². The van der Waals surface area contributed by atoms with Gasteiger partial charge in [-0.25, -0.2) is 0 Å². The van der Waals surface area contributed by atoms with Crippen LogP contribution in [-0.4, -0.2) is 0 Å². The molecule has 0 bridgehead atoms. The molecule has 0 aromatic carbocycles. The summed E-state index contributed by atoms with van der Waals surface area (Å²) in [5, 5.41) is 10.3. The largest absolute Gasteiger partial charge is 0.465 e. The molecule has 0 saturated heterocycles. The molecule has 0 amide bonds. The minimum absolute atomic E-state index is 0.0278. The maximum Gasteiger partial charge on any atom is 0.219 e. The Morgan fingerprint density at radius 2 is 2.43 bits per heavy atom. The molecular formula is C5H5O2. The summed E-state index contributed by atoms with van der Waals surface area (Å²) in [4.78, 5) is 0. The number of rotatable bonds is 0. The topological polar surface area (TPSA) is 33.0 Å². The van der Waals surface area contributed by atoms with Crippen LogP contribution in [0.4, 0.5) is 0 Å². The third-order valence-electron chi connectivity index (χ3n) is 0.811. The van der Waals surface area contributed by atoms with Gasteiger partial charge in [-0.15, -0.1) is 0 Å². The highest BCUT2D eigenvalue weighted by atomic mass is 16.4. The van der Waals surface area contributed by atoms with E-state index in [1.54, 1.807) is 6.92 Å². The zero-order chi connectivity index (χ0) is 5.28. The van der Waals surface area contributed by atoms with Crippen molar-refractivity contribution in [3.8, 4) is 5.75 Å². The second-order valence-electron chi connectivity index (χ2n) is 1.34. The zero-order valence-corrected chi connectivity index (χ0v) is 3.97. The van der Waals surface area contributed by atoms with E-state index in [1.807, 2.05) is 0 Å². The highest BCUT2D eigenvalue weighted by Crippen LogP contribution is 2.15. The fourth-order valence-corrected chi connectivity index (χ4v) is 0.373. The van der Waals surface area contributed by atoms with Gasteiger partial charge in [-0.2, -0.15) is 0 Å². The first-order valence-electron chi connectivity index (χ1n) is 2.02. The van der Waals surface area contributed by atoms with Gasteiger partial charge in [0.15, 0.2) is 0 Å². The molecule has 2 nitrogen and oxygen atoms in total. The predicted molar refractivity (Wildman–Crippen MR) is 23.6 cm³/mol. The third-order valence-corrected chi connectivity index (χ3v) is 0.811. The highest BCUT2D eigenvalue weighted by molar-refractivity contribution is 5.19. The summed E-state index contributed by atoms with van der Waals surface area (Å²) in [6, 6.07) is 1.40. The molecule has 2 heteroatoms. The van der Waals surface area contributed by atoms with Crippen LogP contribution in [0.25, 0.3) is 0 Å². The van der Waals surface area contributed by atoms with Crippen molar-refractivity contribution >= 4 is 0 Å². The normalized spacial score (nSPS) is 9.29. The van der Waals surface area contributed by atoms with E-state index in [4.69, 9.17) is 0 Å². The minimum Gasteiger partial charge on any atom is -0.465 e. The summed E-state index contributed by atoms with van der Waals surface area (Å²) < 4.78 is 4.65. The van der Waals surface area contributed by atoms with Crippen molar-refractivity contribution in [3.05, 3.63) is 18.1 Å². The maximum absolute atomic E-state index is 10.3. The maximum atomic E-state index is 10.3. The molecule has 0 saturated carbocycles. The van der Waals surface area contributed by atoms with Gasteiger partial charge in [-0.05, 0) is 6.92 Å². The molecule has 0 aliphatic heterocycles. The summed E-state index contributed by atoms with van der Waals surface area (Å²) in [5.41, 5.74) is 0. The molecule has 1 aromatic heterocycles. The fraction of sp³-hybridized carbons (Fsp3) is 0.200. The number of hydrogen-bond donors (Lipinski definition) is 0. The molecule has 0 aliphatic carbocycles. The SMILES string of the molecule is Cc1occc1[O]. The summed E-state index contributed by atoms with van der Waals surface area (Å²) in [6.07, 6.45) is 1.39. The lowest BCUT2D eigenvalue weighted by atomic mass is 10.5. The van der Waals surface area contributed by atoms with Gasteiger partial charge in [0.25, 0.3) is 0 Å². The monoisotopic (exact) mass is 97.0 g/mol. The van der Waals surface area contributed by atoms with E-state index < -0.39 is 0 Å². The number of furan rings is 1. The van der Waals surface area contributed by atoms with E-state index >= 15 is 0 Å². The molecule has 37 valence electrons. The van der Waals surface area contributed by atoms with Crippen LogP contribution in [0.3, 0.4) is 0 Å². The summed E-state index contributed by atoms with van der Waals surface area (Å²) >= 11 is 0. The van der Waals surface area contributed by atoms with Gasteiger partial charge >= 0.3 is 0 Å². The van der Waals surface area contributed by atoms with E-state index in [-0.39, 0.29) is 5.75 Å². The minimum atomic E-state index is -0.0278. The molecule has 1 heterocycles. The smallest absolute Gasteiger partial charge is 0.219 e. The first-order valence-corrected chi connectivity index (χ1v) is 2.02. The van der Waals surface area contributed by atoms with Gasteiger partial charge in [0.1, 0.15) is 5.76 Å². The van der Waals surface area contributed by atoms with Crippen molar-refractivity contribution in [3.63, 3.8) is 0 Å². The molecule has 0 N–H and O–H groups in total. The standard InChI is InChI=1S/C5H5O2/c1-4-5(6)2-3-7-4/h2-3H,1H3. The lowest BCUT2D eigenvalue weighted by Gasteiger charge is -1.74. The van der Waals surface area contributed by atoms with Crippen LogP contribution in [0.2, 0.25) is 0 Å². The van der Waals surface area contributed by atoms with Crippen molar-refractivity contribution in [1.82, 2.24) is 0 Å². The van der Waals surface area contributed by atoms with Crippen LogP contribution in [0.5, 0.6) is 5.75 Å². The Labute approximate surface area is 41.4 Å². The van der Waals surface area contributed by atoms with Gasteiger partial charge in [-0.1, -0.05) is 0 Å². The van der Waals surface area contributed by atoms with Gasteiger partial charge in [0, 0.05) is 6.07 Å². The number of aryl methyl sites for hydroxylation is 1. The Morgan fingerprint density at radius 3 is 2.57 bits per heavy atom. The van der Waals surface area contributed by atoms with Crippen LogP contribution in [-0.2, 0) is 5.11 Å². The van der Waals surface area contributed by atoms with Crippen molar-refractivity contribution < 1.29 is 9.52 Å². The molecule has 7 heavy (non-hydrogen) atoms. The molecule has 0 fully saturated rings. The van der Waals surface area contributed by atoms with Crippen LogP contribution in [0.15, 0.2) is 16.7 Å². The Bertz CT molecular complexity index is 138. The predicted octanol–water partition coefficient (Wildman–Crippen LogP) is 1.73. The van der Waals surface area contributed by atoms with Crippen molar-refractivity contribution in [2.75, 3.05) is 0 Å². The van der Waals surface area contributed by atoms with Crippen LogP contribution in [0.1, 0.15) is 5.76 Å². The second-order valence-corrected chi connectivity index (χ2v) is 1.34. The molecule has 1 radical (unpaired) electrons. The first-order chi connectivity index (χ1) is 3.30. The van der Waals surface area contributed by atoms with Crippen molar-refractivity contribution in [1.29, 1.82) is 0 Å². The molecular weight excluding hydrogens is 92.1 g/mol. The Hall–Kier alpha value is -0.920. The zero-order valence-electron chi connectivity index (χ0n) is 3.97. The van der Waals surface area contributed by atoms with Gasteiger partial charge in [0.2, 0.25) is 5.75 Å². The van der Waals surface area contributed by atoms with E-state index in [9.17, 15) is 5.11 Å². The van der Waals surface area contributed by atoms with E-state index in [0.717, 1.165) is 0 Å². The van der Waals surface area contributed by atoms with Gasteiger partial charge in [0.05, 0.1) is 6.26 Å². The van der Waals surface area contributed by atoms with Gasteiger partial charge < -0.3 is 4.42 Å². The van der Waals surface area contributed by atoms with E-state index in [1.165, 1.54) is 12.3 Å². The van der Waals surface area contributed by atoms with Crippen LogP contribution in [0, 0.1) is 6.92 Å². The Kier molecular flexibility index (Phi) is 0.785. The van der Waals surface area contributed by atoms with Gasteiger partial charge in [-0.3, -0.25) is 5.11 Å². The number of hydrogen-bond acceptors (Lipinski definition) is 1. The molecule has 1 rings (SSSR count). The highest BCUT2D eigenvalue weighted by Gasteiger charge is 1.95. The molecule has 0 atom stereocenters.